The summed E-state index contributed by atoms with van der Waals surface area (Å²) >= 11 is 0. The average molecular weight is 409 g/mol. The minimum absolute atomic E-state index is 0.0883. The number of aryl methyl sites for hydroxylation is 2. The SMILES string of the molecule is Cc1ccc2oc(C(=O)Nc3c(C(=O)c4ccccc4)oc4ccccc34)c(C)c2c1. The lowest BCUT2D eigenvalue weighted by Crippen LogP contribution is -2.14. The maximum Gasteiger partial charge on any atom is 0.291 e. The molecule has 5 aromatic rings. The number of benzene rings is 3. The standard InChI is InChI=1S/C26H19NO4/c1-15-12-13-21-19(14-15)16(2)24(30-21)26(29)27-22-18-10-6-7-11-20(18)31-25(22)23(28)17-8-4-3-5-9-17/h3-14H,1-2H3,(H,27,29). The van der Waals surface area contributed by atoms with Gasteiger partial charge in [-0.3, -0.25) is 9.59 Å². The van der Waals surface area contributed by atoms with Gasteiger partial charge in [-0.2, -0.15) is 0 Å². The molecule has 0 spiro atoms. The normalized spacial score (nSPS) is 11.2. The highest BCUT2D eigenvalue weighted by Gasteiger charge is 2.25. The first kappa shape index (κ1) is 18.9. The van der Waals surface area contributed by atoms with Crippen molar-refractivity contribution in [1.29, 1.82) is 0 Å². The molecule has 0 aliphatic rings. The Morgan fingerprint density at radius 3 is 2.23 bits per heavy atom. The Hall–Kier alpha value is -4.12. The van der Waals surface area contributed by atoms with E-state index in [1.54, 1.807) is 30.3 Å². The molecule has 1 amide bonds. The minimum Gasteiger partial charge on any atom is -0.451 e. The van der Waals surface area contributed by atoms with Crippen molar-refractivity contribution in [2.75, 3.05) is 5.32 Å². The Morgan fingerprint density at radius 2 is 1.42 bits per heavy atom. The molecule has 0 aliphatic carbocycles. The average Bonchev–Trinajstić information content (AvgIpc) is 3.32. The van der Waals surface area contributed by atoms with E-state index in [4.69, 9.17) is 8.83 Å². The van der Waals surface area contributed by atoms with E-state index in [-0.39, 0.29) is 17.3 Å². The largest absolute Gasteiger partial charge is 0.451 e. The van der Waals surface area contributed by atoms with Crippen LogP contribution in [-0.2, 0) is 0 Å². The van der Waals surface area contributed by atoms with Gasteiger partial charge in [0, 0.05) is 21.9 Å². The first-order valence-corrected chi connectivity index (χ1v) is 9.95. The molecule has 3 aromatic carbocycles. The van der Waals surface area contributed by atoms with Gasteiger partial charge in [0.25, 0.3) is 5.91 Å². The van der Waals surface area contributed by atoms with Crippen molar-refractivity contribution in [2.45, 2.75) is 13.8 Å². The lowest BCUT2D eigenvalue weighted by Gasteiger charge is -2.05. The zero-order chi connectivity index (χ0) is 21.5. The fraction of sp³-hybridized carbons (Fsp3) is 0.0769. The zero-order valence-electron chi connectivity index (χ0n) is 17.1. The lowest BCUT2D eigenvalue weighted by atomic mass is 10.1. The van der Waals surface area contributed by atoms with Gasteiger partial charge in [0.1, 0.15) is 11.2 Å². The summed E-state index contributed by atoms with van der Waals surface area (Å²) in [5.74, 6) is -0.432. The predicted octanol–water partition coefficient (Wildman–Crippen LogP) is 6.28. The van der Waals surface area contributed by atoms with Crippen LogP contribution in [0.4, 0.5) is 5.69 Å². The number of hydrogen-bond acceptors (Lipinski definition) is 4. The van der Waals surface area contributed by atoms with Crippen LogP contribution in [0.25, 0.3) is 21.9 Å². The molecule has 0 aliphatic heterocycles. The van der Waals surface area contributed by atoms with E-state index in [1.165, 1.54) is 0 Å². The number of ketones is 1. The Labute approximate surface area is 178 Å². The number of amides is 1. The highest BCUT2D eigenvalue weighted by atomic mass is 16.4. The number of anilines is 1. The molecule has 0 unspecified atom stereocenters. The fourth-order valence-corrected chi connectivity index (χ4v) is 3.77. The summed E-state index contributed by atoms with van der Waals surface area (Å²) in [4.78, 5) is 26.3. The summed E-state index contributed by atoms with van der Waals surface area (Å²) in [7, 11) is 0. The second-order valence-corrected chi connectivity index (χ2v) is 7.51. The van der Waals surface area contributed by atoms with Crippen molar-refractivity contribution in [1.82, 2.24) is 0 Å². The van der Waals surface area contributed by atoms with Gasteiger partial charge in [-0.25, -0.2) is 0 Å². The predicted molar refractivity (Wildman–Crippen MR) is 120 cm³/mol. The molecule has 152 valence electrons. The number of nitrogens with one attached hydrogen (secondary N) is 1. The molecule has 2 aromatic heterocycles. The van der Waals surface area contributed by atoms with E-state index in [0.29, 0.717) is 27.8 Å². The van der Waals surface area contributed by atoms with Crippen LogP contribution in [0.5, 0.6) is 0 Å². The number of rotatable bonds is 4. The molecule has 0 saturated heterocycles. The van der Waals surface area contributed by atoms with Crippen molar-refractivity contribution in [2.24, 2.45) is 0 Å². The van der Waals surface area contributed by atoms with Crippen LogP contribution in [0, 0.1) is 13.8 Å². The zero-order valence-corrected chi connectivity index (χ0v) is 17.1. The lowest BCUT2D eigenvalue weighted by molar-refractivity contribution is 0.0997. The molecular formula is C26H19NO4. The van der Waals surface area contributed by atoms with E-state index in [2.05, 4.69) is 5.32 Å². The highest BCUT2D eigenvalue weighted by molar-refractivity contribution is 6.19. The molecule has 0 saturated carbocycles. The highest BCUT2D eigenvalue weighted by Crippen LogP contribution is 2.34. The second kappa shape index (κ2) is 7.29. The Balaban J connectivity index is 1.60. The molecule has 5 heteroatoms. The molecule has 5 nitrogen and oxygen atoms in total. The van der Waals surface area contributed by atoms with Crippen LogP contribution >= 0.6 is 0 Å². The molecular weight excluding hydrogens is 390 g/mol. The van der Waals surface area contributed by atoms with Crippen molar-refractivity contribution in [3.05, 3.63) is 101 Å². The third kappa shape index (κ3) is 3.20. The number of hydrogen-bond donors (Lipinski definition) is 1. The maximum atomic E-state index is 13.2. The molecule has 2 heterocycles. The third-order valence-electron chi connectivity index (χ3n) is 5.37. The Morgan fingerprint density at radius 1 is 0.742 bits per heavy atom. The van der Waals surface area contributed by atoms with Gasteiger partial charge in [0.05, 0.1) is 5.69 Å². The third-order valence-corrected chi connectivity index (χ3v) is 5.37. The van der Waals surface area contributed by atoms with E-state index >= 15 is 0 Å². The van der Waals surface area contributed by atoms with Crippen LogP contribution in [0.3, 0.4) is 0 Å². The summed E-state index contributed by atoms with van der Waals surface area (Å²) in [6.45, 7) is 3.84. The minimum atomic E-state index is -0.431. The number of furan rings is 2. The van der Waals surface area contributed by atoms with Crippen LogP contribution in [-0.4, -0.2) is 11.7 Å². The molecule has 1 N–H and O–H groups in total. The van der Waals surface area contributed by atoms with E-state index in [9.17, 15) is 9.59 Å². The molecule has 0 radical (unpaired) electrons. The molecule has 31 heavy (non-hydrogen) atoms. The van der Waals surface area contributed by atoms with E-state index in [0.717, 1.165) is 16.5 Å². The molecule has 0 bridgehead atoms. The number of fused-ring (bicyclic) bond motifs is 2. The monoisotopic (exact) mass is 409 g/mol. The van der Waals surface area contributed by atoms with Crippen LogP contribution < -0.4 is 5.32 Å². The first-order valence-electron chi connectivity index (χ1n) is 9.95. The van der Waals surface area contributed by atoms with Crippen molar-refractivity contribution in [3.8, 4) is 0 Å². The summed E-state index contributed by atoms with van der Waals surface area (Å²) < 4.78 is 11.7. The number of para-hydroxylation sites is 1. The number of carbonyl (C=O) groups is 2. The Kier molecular flexibility index (Phi) is 4.44. The first-order chi connectivity index (χ1) is 15.0. The van der Waals surface area contributed by atoms with Crippen LogP contribution in [0.1, 0.15) is 37.8 Å². The smallest absolute Gasteiger partial charge is 0.291 e. The summed E-state index contributed by atoms with van der Waals surface area (Å²) in [5.41, 5.74) is 3.82. The van der Waals surface area contributed by atoms with Crippen LogP contribution in [0.2, 0.25) is 0 Å². The quantitative estimate of drug-likeness (QED) is 0.355. The van der Waals surface area contributed by atoms with Crippen molar-refractivity contribution in [3.63, 3.8) is 0 Å². The molecule has 0 fully saturated rings. The van der Waals surface area contributed by atoms with Gasteiger partial charge in [-0.15, -0.1) is 0 Å². The summed E-state index contributed by atoms with van der Waals surface area (Å²) in [6.07, 6.45) is 0. The summed E-state index contributed by atoms with van der Waals surface area (Å²) in [5, 5.41) is 4.41. The van der Waals surface area contributed by atoms with Crippen molar-refractivity contribution >= 4 is 39.3 Å². The van der Waals surface area contributed by atoms with Gasteiger partial charge in [-0.1, -0.05) is 54.1 Å². The van der Waals surface area contributed by atoms with Crippen LogP contribution in [0.15, 0.2) is 81.6 Å². The van der Waals surface area contributed by atoms with Gasteiger partial charge in [0.2, 0.25) is 5.78 Å². The van der Waals surface area contributed by atoms with E-state index < -0.39 is 5.91 Å². The molecule has 5 rings (SSSR count). The van der Waals surface area contributed by atoms with Gasteiger partial charge >= 0.3 is 0 Å². The maximum absolute atomic E-state index is 13.2. The fourth-order valence-electron chi connectivity index (χ4n) is 3.77. The second-order valence-electron chi connectivity index (χ2n) is 7.51. The van der Waals surface area contributed by atoms with E-state index in [1.807, 2.05) is 56.3 Å². The van der Waals surface area contributed by atoms with Gasteiger partial charge < -0.3 is 14.2 Å². The Bertz CT molecular complexity index is 1460. The summed E-state index contributed by atoms with van der Waals surface area (Å²) in [6, 6.07) is 21.8. The van der Waals surface area contributed by atoms with Gasteiger partial charge in [0.15, 0.2) is 11.5 Å². The number of carbonyl (C=O) groups excluding carboxylic acids is 2. The topological polar surface area (TPSA) is 72.5 Å². The molecule has 0 atom stereocenters. The van der Waals surface area contributed by atoms with Crippen molar-refractivity contribution < 1.29 is 18.4 Å². The van der Waals surface area contributed by atoms with Gasteiger partial charge in [-0.05, 0) is 38.1 Å².